The van der Waals surface area contributed by atoms with Crippen LogP contribution in [0.5, 0.6) is 5.75 Å². The number of carboxylic acid groups (broad SMARTS) is 1. The normalized spacial score (nSPS) is 17.2. The molecule has 2 N–H and O–H groups in total. The molecule has 1 saturated heterocycles. The maximum atomic E-state index is 10.6. The van der Waals surface area contributed by atoms with Crippen molar-refractivity contribution < 1.29 is 14.6 Å². The van der Waals surface area contributed by atoms with Crippen molar-refractivity contribution in [2.24, 2.45) is 0 Å². The molecule has 0 bridgehead atoms. The lowest BCUT2D eigenvalue weighted by Crippen LogP contribution is -2.34. The molecule has 1 atom stereocenters. The number of aliphatic carboxylic acids is 1. The minimum absolute atomic E-state index is 0.328. The Morgan fingerprint density at radius 1 is 1.28 bits per heavy atom. The number of hydrogen-bond donors (Lipinski definition) is 2. The standard InChI is InChI=1S/C21H23N5O3/c27-20(28)14-29-17-5-3-15(4-6-17)12-26-9-1-2-16(13-26)18-10-22-11-19(25-18)21-23-7-8-24-21/h3-8,10-11,16H,1-2,9,12-14H2,(H,23,24)(H,27,28)/t16-/m0/s1. The summed E-state index contributed by atoms with van der Waals surface area (Å²) in [4.78, 5) is 29.5. The van der Waals surface area contributed by atoms with Gasteiger partial charge in [0.1, 0.15) is 11.4 Å². The molecule has 1 aliphatic rings. The van der Waals surface area contributed by atoms with Gasteiger partial charge in [0.15, 0.2) is 12.4 Å². The Kier molecular flexibility index (Phi) is 5.81. The molecule has 2 aromatic heterocycles. The van der Waals surface area contributed by atoms with E-state index < -0.39 is 5.97 Å². The molecule has 0 unspecified atom stereocenters. The van der Waals surface area contributed by atoms with E-state index in [0.717, 1.165) is 49.7 Å². The molecule has 1 aliphatic heterocycles. The molecule has 0 spiro atoms. The highest BCUT2D eigenvalue weighted by atomic mass is 16.5. The molecule has 3 heterocycles. The quantitative estimate of drug-likeness (QED) is 0.636. The van der Waals surface area contributed by atoms with Gasteiger partial charge < -0.3 is 14.8 Å². The molecular formula is C21H23N5O3. The number of likely N-dealkylation sites (tertiary alicyclic amines) is 1. The van der Waals surface area contributed by atoms with Gasteiger partial charge in [-0.2, -0.15) is 0 Å². The molecule has 0 aliphatic carbocycles. The first-order valence-electron chi connectivity index (χ1n) is 9.65. The van der Waals surface area contributed by atoms with Crippen LogP contribution in [0.4, 0.5) is 0 Å². The first-order chi connectivity index (χ1) is 14.2. The van der Waals surface area contributed by atoms with Gasteiger partial charge in [-0.15, -0.1) is 0 Å². The van der Waals surface area contributed by atoms with Gasteiger partial charge in [0.2, 0.25) is 0 Å². The molecular weight excluding hydrogens is 370 g/mol. The van der Waals surface area contributed by atoms with Crippen molar-refractivity contribution in [2.75, 3.05) is 19.7 Å². The summed E-state index contributed by atoms with van der Waals surface area (Å²) in [6.07, 6.45) is 9.28. The van der Waals surface area contributed by atoms with E-state index in [4.69, 9.17) is 14.8 Å². The van der Waals surface area contributed by atoms with Gasteiger partial charge in [0.05, 0.1) is 11.9 Å². The maximum Gasteiger partial charge on any atom is 0.341 e. The van der Waals surface area contributed by atoms with Crippen LogP contribution < -0.4 is 4.74 Å². The number of benzene rings is 1. The number of piperidine rings is 1. The monoisotopic (exact) mass is 393 g/mol. The third-order valence-corrected chi connectivity index (χ3v) is 5.01. The van der Waals surface area contributed by atoms with Crippen LogP contribution >= 0.6 is 0 Å². The molecule has 29 heavy (non-hydrogen) atoms. The number of aromatic amines is 1. The highest BCUT2D eigenvalue weighted by Gasteiger charge is 2.23. The second-order valence-corrected chi connectivity index (χ2v) is 7.17. The van der Waals surface area contributed by atoms with Crippen LogP contribution in [0.2, 0.25) is 0 Å². The average Bonchev–Trinajstić information content (AvgIpc) is 3.29. The van der Waals surface area contributed by atoms with Crippen LogP contribution in [-0.2, 0) is 11.3 Å². The number of carboxylic acids is 1. The van der Waals surface area contributed by atoms with Crippen molar-refractivity contribution in [1.29, 1.82) is 0 Å². The van der Waals surface area contributed by atoms with Gasteiger partial charge in [-0.25, -0.2) is 14.8 Å². The Morgan fingerprint density at radius 2 is 2.14 bits per heavy atom. The number of nitrogens with one attached hydrogen (secondary N) is 1. The van der Waals surface area contributed by atoms with Crippen LogP contribution in [0.1, 0.15) is 30.0 Å². The van der Waals surface area contributed by atoms with Crippen LogP contribution in [-0.4, -0.2) is 55.6 Å². The number of nitrogens with zero attached hydrogens (tertiary/aromatic N) is 4. The van der Waals surface area contributed by atoms with Crippen LogP contribution in [0, 0.1) is 0 Å². The summed E-state index contributed by atoms with van der Waals surface area (Å²) in [7, 11) is 0. The fourth-order valence-electron chi connectivity index (χ4n) is 3.63. The second kappa shape index (κ2) is 8.83. The van der Waals surface area contributed by atoms with Crippen molar-refractivity contribution in [1.82, 2.24) is 24.8 Å². The average molecular weight is 393 g/mol. The molecule has 1 fully saturated rings. The summed E-state index contributed by atoms with van der Waals surface area (Å²) in [5.74, 6) is 0.659. The largest absolute Gasteiger partial charge is 0.482 e. The summed E-state index contributed by atoms with van der Waals surface area (Å²) in [5.41, 5.74) is 2.94. The van der Waals surface area contributed by atoms with Gasteiger partial charge in [-0.1, -0.05) is 12.1 Å². The van der Waals surface area contributed by atoms with Gasteiger partial charge in [-0.3, -0.25) is 9.88 Å². The zero-order valence-electron chi connectivity index (χ0n) is 16.0. The number of hydrogen-bond acceptors (Lipinski definition) is 6. The van der Waals surface area contributed by atoms with E-state index in [1.807, 2.05) is 30.5 Å². The highest BCUT2D eigenvalue weighted by molar-refractivity contribution is 5.68. The summed E-state index contributed by atoms with van der Waals surface area (Å²) in [6, 6.07) is 7.60. The lowest BCUT2D eigenvalue weighted by molar-refractivity contribution is -0.139. The fraction of sp³-hybridized carbons (Fsp3) is 0.333. The number of ether oxygens (including phenoxy) is 1. The number of carbonyl (C=O) groups is 1. The van der Waals surface area contributed by atoms with E-state index in [1.165, 1.54) is 5.56 Å². The maximum absolute atomic E-state index is 10.6. The molecule has 150 valence electrons. The smallest absolute Gasteiger partial charge is 0.341 e. The Bertz CT molecular complexity index is 943. The molecule has 3 aromatic rings. The molecule has 0 radical (unpaired) electrons. The van der Waals surface area contributed by atoms with Crippen LogP contribution in [0.25, 0.3) is 11.5 Å². The number of imidazole rings is 1. The minimum Gasteiger partial charge on any atom is -0.482 e. The predicted octanol–water partition coefficient (Wildman–Crippen LogP) is 2.71. The lowest BCUT2D eigenvalue weighted by atomic mass is 9.94. The Balaban J connectivity index is 1.39. The van der Waals surface area contributed by atoms with Gasteiger partial charge in [-0.05, 0) is 37.1 Å². The second-order valence-electron chi connectivity index (χ2n) is 7.17. The van der Waals surface area contributed by atoms with Crippen molar-refractivity contribution in [2.45, 2.75) is 25.3 Å². The van der Waals surface area contributed by atoms with E-state index >= 15 is 0 Å². The predicted molar refractivity (Wildman–Crippen MR) is 106 cm³/mol. The summed E-state index contributed by atoms with van der Waals surface area (Å²) in [6.45, 7) is 2.47. The van der Waals surface area contributed by atoms with Crippen molar-refractivity contribution in [3.05, 3.63) is 60.3 Å². The van der Waals surface area contributed by atoms with E-state index in [9.17, 15) is 4.79 Å². The van der Waals surface area contributed by atoms with Gasteiger partial charge in [0.25, 0.3) is 0 Å². The highest BCUT2D eigenvalue weighted by Crippen LogP contribution is 2.27. The van der Waals surface area contributed by atoms with Crippen molar-refractivity contribution in [3.8, 4) is 17.3 Å². The molecule has 8 heteroatoms. The summed E-state index contributed by atoms with van der Waals surface area (Å²) < 4.78 is 5.19. The minimum atomic E-state index is -0.979. The van der Waals surface area contributed by atoms with Gasteiger partial charge >= 0.3 is 5.97 Å². The molecule has 0 saturated carbocycles. The molecule has 1 aromatic carbocycles. The SMILES string of the molecule is O=C(O)COc1ccc(CN2CCC[C@H](c3cncc(-c4ncc[nH]4)n3)C2)cc1. The van der Waals surface area contributed by atoms with Crippen LogP contribution in [0.15, 0.2) is 49.1 Å². The third-order valence-electron chi connectivity index (χ3n) is 5.01. The van der Waals surface area contributed by atoms with E-state index in [-0.39, 0.29) is 6.61 Å². The Labute approximate surface area is 168 Å². The first-order valence-corrected chi connectivity index (χ1v) is 9.65. The molecule has 8 nitrogen and oxygen atoms in total. The molecule has 4 rings (SSSR count). The summed E-state index contributed by atoms with van der Waals surface area (Å²) in [5, 5.41) is 8.69. The number of rotatable bonds is 7. The first kappa shape index (κ1) is 19.1. The van der Waals surface area contributed by atoms with Crippen LogP contribution in [0.3, 0.4) is 0 Å². The number of H-pyrrole nitrogens is 1. The van der Waals surface area contributed by atoms with E-state index in [0.29, 0.717) is 11.7 Å². The number of aromatic nitrogens is 4. The van der Waals surface area contributed by atoms with Gasteiger partial charge in [0, 0.05) is 37.6 Å². The summed E-state index contributed by atoms with van der Waals surface area (Å²) >= 11 is 0. The Morgan fingerprint density at radius 3 is 2.90 bits per heavy atom. The zero-order chi connectivity index (χ0) is 20.1. The Hall–Kier alpha value is -3.26. The van der Waals surface area contributed by atoms with Crippen molar-refractivity contribution in [3.63, 3.8) is 0 Å². The third kappa shape index (κ3) is 4.97. The fourth-order valence-corrected chi connectivity index (χ4v) is 3.63. The van der Waals surface area contributed by atoms with Crippen molar-refractivity contribution >= 4 is 5.97 Å². The van der Waals surface area contributed by atoms with E-state index in [2.05, 4.69) is 19.9 Å². The lowest BCUT2D eigenvalue weighted by Gasteiger charge is -2.32. The topological polar surface area (TPSA) is 104 Å². The van der Waals surface area contributed by atoms with E-state index in [1.54, 1.807) is 18.6 Å². The molecule has 0 amide bonds. The zero-order valence-corrected chi connectivity index (χ0v) is 16.0.